The lowest BCUT2D eigenvalue weighted by Crippen LogP contribution is -2.68. The summed E-state index contributed by atoms with van der Waals surface area (Å²) in [6.45, 7) is 3.64. The molecule has 144 valence electrons. The van der Waals surface area contributed by atoms with Crippen molar-refractivity contribution in [3.63, 3.8) is 0 Å². The quantitative estimate of drug-likeness (QED) is 0.418. The standard InChI is InChI=1S/C20H28O6/c1-18(17(25)26)6-5-14(22)19(2)12-4-3-10-8-20(12,15(23)7-13(18)19)16(24)11(10)9-21/h9-10,12-15,21-23H,3-8H2,1-2H3,(H,25,26)/b11-9+/t10-,12+,13-,14+,15+,18-,19+,20-/m1/s1. The van der Waals surface area contributed by atoms with Crippen molar-refractivity contribution in [2.45, 2.75) is 64.6 Å². The van der Waals surface area contributed by atoms with Gasteiger partial charge in [0.25, 0.3) is 0 Å². The highest BCUT2D eigenvalue weighted by atomic mass is 16.4. The number of carbonyl (C=O) groups excluding carboxylic acids is 1. The summed E-state index contributed by atoms with van der Waals surface area (Å²) in [6.07, 6.45) is 2.08. The molecule has 0 aromatic rings. The van der Waals surface area contributed by atoms with E-state index in [1.165, 1.54) is 0 Å². The Labute approximate surface area is 152 Å². The van der Waals surface area contributed by atoms with Crippen LogP contribution in [-0.4, -0.2) is 44.4 Å². The second kappa shape index (κ2) is 5.32. The molecule has 4 N–H and O–H groups in total. The lowest BCUT2D eigenvalue weighted by molar-refractivity contribution is -0.234. The summed E-state index contributed by atoms with van der Waals surface area (Å²) >= 11 is 0. The van der Waals surface area contributed by atoms with Gasteiger partial charge >= 0.3 is 5.97 Å². The maximum atomic E-state index is 13.2. The molecular formula is C20H28O6. The summed E-state index contributed by atoms with van der Waals surface area (Å²) in [7, 11) is 0. The number of carbonyl (C=O) groups is 2. The van der Waals surface area contributed by atoms with Gasteiger partial charge in [0.05, 0.1) is 29.3 Å². The van der Waals surface area contributed by atoms with Crippen LogP contribution in [0.25, 0.3) is 0 Å². The van der Waals surface area contributed by atoms with E-state index in [1.54, 1.807) is 6.92 Å². The van der Waals surface area contributed by atoms with E-state index < -0.39 is 40.3 Å². The summed E-state index contributed by atoms with van der Waals surface area (Å²) in [5, 5.41) is 41.6. The second-order valence-electron chi connectivity index (χ2n) is 9.43. The van der Waals surface area contributed by atoms with Crippen LogP contribution < -0.4 is 0 Å². The molecule has 4 fully saturated rings. The van der Waals surface area contributed by atoms with Gasteiger partial charge < -0.3 is 20.4 Å². The number of rotatable bonds is 1. The molecule has 0 amide bonds. The molecule has 6 nitrogen and oxygen atoms in total. The van der Waals surface area contributed by atoms with Crippen molar-refractivity contribution >= 4 is 11.8 Å². The minimum absolute atomic E-state index is 0.0508. The van der Waals surface area contributed by atoms with E-state index in [9.17, 15) is 30.0 Å². The third-order valence-electron chi connectivity index (χ3n) is 8.74. The molecule has 8 atom stereocenters. The second-order valence-corrected chi connectivity index (χ2v) is 9.43. The minimum Gasteiger partial charge on any atom is -0.515 e. The van der Waals surface area contributed by atoms with E-state index in [0.29, 0.717) is 31.3 Å². The monoisotopic (exact) mass is 364 g/mol. The van der Waals surface area contributed by atoms with Crippen molar-refractivity contribution < 1.29 is 30.0 Å². The average Bonchev–Trinajstić information content (AvgIpc) is 2.81. The van der Waals surface area contributed by atoms with Gasteiger partial charge in [-0.2, -0.15) is 0 Å². The van der Waals surface area contributed by atoms with E-state index in [0.717, 1.165) is 12.7 Å². The zero-order valence-electron chi connectivity index (χ0n) is 15.3. The third-order valence-corrected chi connectivity index (χ3v) is 8.74. The molecule has 26 heavy (non-hydrogen) atoms. The number of ketones is 1. The Kier molecular flexibility index (Phi) is 3.68. The number of carboxylic acid groups (broad SMARTS) is 1. The first-order chi connectivity index (χ1) is 12.1. The fourth-order valence-electron chi connectivity index (χ4n) is 7.32. The number of aliphatic carboxylic acids is 1. The van der Waals surface area contributed by atoms with Crippen LogP contribution in [0.15, 0.2) is 11.8 Å². The lowest BCUT2D eigenvalue weighted by Gasteiger charge is -2.65. The molecule has 0 aliphatic heterocycles. The Morgan fingerprint density at radius 3 is 2.42 bits per heavy atom. The fourth-order valence-corrected chi connectivity index (χ4v) is 7.32. The molecule has 0 saturated heterocycles. The maximum absolute atomic E-state index is 13.2. The van der Waals surface area contributed by atoms with Gasteiger partial charge in [0.1, 0.15) is 0 Å². The number of carboxylic acids is 1. The first kappa shape index (κ1) is 18.0. The molecule has 1 spiro atoms. The van der Waals surface area contributed by atoms with E-state index in [-0.39, 0.29) is 24.0 Å². The molecule has 0 radical (unpaired) electrons. The van der Waals surface area contributed by atoms with Gasteiger partial charge in [-0.05, 0) is 63.2 Å². The van der Waals surface area contributed by atoms with Crippen LogP contribution in [0.5, 0.6) is 0 Å². The van der Waals surface area contributed by atoms with Crippen molar-refractivity contribution in [3.05, 3.63) is 11.8 Å². The van der Waals surface area contributed by atoms with Crippen LogP contribution in [0.4, 0.5) is 0 Å². The number of allylic oxidation sites excluding steroid dienone is 1. The SMILES string of the molecule is C[C@]12[C@@H]3CC[C@@H]4C[C@]3(C(=O)/C4=C/O)[C@@H](O)C[C@@H]1[C@](C)(C(=O)O)CC[C@@H]2O. The summed E-state index contributed by atoms with van der Waals surface area (Å²) in [6, 6.07) is 0. The van der Waals surface area contributed by atoms with E-state index in [1.807, 2.05) is 6.92 Å². The first-order valence-corrected chi connectivity index (χ1v) is 9.62. The first-order valence-electron chi connectivity index (χ1n) is 9.62. The number of Topliss-reactive ketones (excluding diaryl/α,β-unsaturated/α-hetero) is 1. The predicted octanol–water partition coefficient (Wildman–Crippen LogP) is 2.05. The molecule has 6 heteroatoms. The van der Waals surface area contributed by atoms with E-state index >= 15 is 0 Å². The van der Waals surface area contributed by atoms with E-state index in [2.05, 4.69) is 0 Å². The Balaban J connectivity index is 1.88. The highest BCUT2D eigenvalue weighted by molar-refractivity contribution is 6.03. The van der Waals surface area contributed by atoms with Crippen LogP contribution in [0, 0.1) is 34.0 Å². The van der Waals surface area contributed by atoms with Gasteiger partial charge in [0, 0.05) is 11.0 Å². The zero-order chi connectivity index (χ0) is 19.1. The number of hydrogen-bond donors (Lipinski definition) is 4. The molecule has 0 aromatic heterocycles. The van der Waals surface area contributed by atoms with Crippen molar-refractivity contribution in [2.75, 3.05) is 0 Å². The van der Waals surface area contributed by atoms with Gasteiger partial charge in [-0.15, -0.1) is 0 Å². The lowest BCUT2D eigenvalue weighted by atomic mass is 9.39. The van der Waals surface area contributed by atoms with Crippen LogP contribution in [-0.2, 0) is 9.59 Å². The van der Waals surface area contributed by atoms with Crippen molar-refractivity contribution in [2.24, 2.45) is 34.0 Å². The number of aliphatic hydroxyl groups excluding tert-OH is 3. The van der Waals surface area contributed by atoms with Crippen LogP contribution in [0.1, 0.15) is 52.4 Å². The van der Waals surface area contributed by atoms with Gasteiger partial charge in [-0.3, -0.25) is 9.59 Å². The highest BCUT2D eigenvalue weighted by Crippen LogP contribution is 2.71. The minimum atomic E-state index is -1.02. The molecule has 4 saturated carbocycles. The van der Waals surface area contributed by atoms with Crippen molar-refractivity contribution in [1.29, 1.82) is 0 Å². The Hall–Kier alpha value is -1.40. The Morgan fingerprint density at radius 2 is 1.81 bits per heavy atom. The highest BCUT2D eigenvalue weighted by Gasteiger charge is 2.73. The van der Waals surface area contributed by atoms with E-state index in [4.69, 9.17) is 0 Å². The number of fused-ring (bicyclic) bond motifs is 3. The third kappa shape index (κ3) is 1.80. The Bertz CT molecular complexity index is 700. The van der Waals surface area contributed by atoms with Gasteiger partial charge in [0.2, 0.25) is 0 Å². The topological polar surface area (TPSA) is 115 Å². The van der Waals surface area contributed by atoms with Crippen LogP contribution in [0.3, 0.4) is 0 Å². The summed E-state index contributed by atoms with van der Waals surface area (Å²) < 4.78 is 0. The molecule has 0 heterocycles. The van der Waals surface area contributed by atoms with Gasteiger partial charge in [-0.1, -0.05) is 6.92 Å². The predicted molar refractivity (Wildman–Crippen MR) is 92.2 cm³/mol. The van der Waals surface area contributed by atoms with Gasteiger partial charge in [0.15, 0.2) is 5.78 Å². The van der Waals surface area contributed by atoms with Gasteiger partial charge in [-0.25, -0.2) is 0 Å². The smallest absolute Gasteiger partial charge is 0.309 e. The largest absolute Gasteiger partial charge is 0.515 e. The molecule has 4 aliphatic carbocycles. The Morgan fingerprint density at radius 1 is 1.12 bits per heavy atom. The summed E-state index contributed by atoms with van der Waals surface area (Å²) in [4.78, 5) is 25.3. The van der Waals surface area contributed by atoms with Crippen LogP contribution in [0.2, 0.25) is 0 Å². The van der Waals surface area contributed by atoms with Crippen molar-refractivity contribution in [3.8, 4) is 0 Å². The molecule has 0 unspecified atom stereocenters. The van der Waals surface area contributed by atoms with Crippen molar-refractivity contribution in [1.82, 2.24) is 0 Å². The number of aliphatic hydroxyl groups is 3. The van der Waals surface area contributed by atoms with Crippen LogP contribution >= 0.6 is 0 Å². The molecule has 0 aromatic carbocycles. The summed E-state index contributed by atoms with van der Waals surface area (Å²) in [5.74, 6) is -1.82. The number of hydrogen-bond acceptors (Lipinski definition) is 5. The molecular weight excluding hydrogens is 336 g/mol. The maximum Gasteiger partial charge on any atom is 0.309 e. The zero-order valence-corrected chi connectivity index (χ0v) is 15.3. The molecule has 2 bridgehead atoms. The fraction of sp³-hybridized carbons (Fsp3) is 0.800. The average molecular weight is 364 g/mol. The normalized spacial score (nSPS) is 54.7. The summed E-state index contributed by atoms with van der Waals surface area (Å²) in [5.41, 5.74) is -2.37. The molecule has 4 aliphatic rings. The molecule has 4 rings (SSSR count).